The molecule has 0 saturated heterocycles. The van der Waals surface area contributed by atoms with Crippen molar-refractivity contribution in [3.63, 3.8) is 0 Å². The highest BCUT2D eigenvalue weighted by Crippen LogP contribution is 2.16. The van der Waals surface area contributed by atoms with E-state index >= 15 is 0 Å². The van der Waals surface area contributed by atoms with E-state index in [1.807, 2.05) is 0 Å². The first-order valence-electron chi connectivity index (χ1n) is 4.06. The van der Waals surface area contributed by atoms with Crippen LogP contribution < -0.4 is 0 Å². The standard InChI is InChI=1S/C8H14F3NOS/c1-7(5-14)4-12(2-3-13)6-8(9,10)11/h13-14H,1-6H2. The molecule has 0 saturated carbocycles. The van der Waals surface area contributed by atoms with Gasteiger partial charge in [0.1, 0.15) is 0 Å². The van der Waals surface area contributed by atoms with Gasteiger partial charge in [-0.05, 0) is 0 Å². The van der Waals surface area contributed by atoms with Gasteiger partial charge in [-0.25, -0.2) is 0 Å². The van der Waals surface area contributed by atoms with E-state index in [1.54, 1.807) is 0 Å². The molecule has 0 atom stereocenters. The molecule has 0 aliphatic carbocycles. The lowest BCUT2D eigenvalue weighted by molar-refractivity contribution is -0.145. The molecule has 0 bridgehead atoms. The molecule has 0 rings (SSSR count). The molecule has 2 nitrogen and oxygen atoms in total. The van der Waals surface area contributed by atoms with E-state index in [-0.39, 0.29) is 19.7 Å². The van der Waals surface area contributed by atoms with Crippen LogP contribution in [0.15, 0.2) is 12.2 Å². The van der Waals surface area contributed by atoms with Crippen molar-refractivity contribution >= 4 is 12.6 Å². The van der Waals surface area contributed by atoms with Crippen molar-refractivity contribution in [2.24, 2.45) is 0 Å². The maximum absolute atomic E-state index is 12.0. The summed E-state index contributed by atoms with van der Waals surface area (Å²) in [5.74, 6) is 0.347. The molecule has 0 aliphatic heterocycles. The highest BCUT2D eigenvalue weighted by Gasteiger charge is 2.30. The number of halogens is 3. The Morgan fingerprint density at radius 2 is 2.00 bits per heavy atom. The Hall–Kier alpha value is -0.200. The van der Waals surface area contributed by atoms with Crippen LogP contribution in [0.1, 0.15) is 0 Å². The molecule has 0 aromatic heterocycles. The van der Waals surface area contributed by atoms with Crippen molar-refractivity contribution in [3.05, 3.63) is 12.2 Å². The second-order valence-corrected chi connectivity index (χ2v) is 3.27. The van der Waals surface area contributed by atoms with Crippen molar-refractivity contribution in [1.29, 1.82) is 0 Å². The van der Waals surface area contributed by atoms with Gasteiger partial charge in [-0.15, -0.1) is 0 Å². The molecule has 0 heterocycles. The normalized spacial score (nSPS) is 12.1. The fraction of sp³-hybridized carbons (Fsp3) is 0.750. The van der Waals surface area contributed by atoms with Gasteiger partial charge in [-0.1, -0.05) is 12.2 Å². The van der Waals surface area contributed by atoms with Crippen LogP contribution in [0.5, 0.6) is 0 Å². The third-order valence-electron chi connectivity index (χ3n) is 1.49. The van der Waals surface area contributed by atoms with Gasteiger partial charge in [0.25, 0.3) is 0 Å². The van der Waals surface area contributed by atoms with Crippen LogP contribution >= 0.6 is 12.6 Å². The zero-order valence-electron chi connectivity index (χ0n) is 7.72. The molecule has 6 heteroatoms. The monoisotopic (exact) mass is 229 g/mol. The van der Waals surface area contributed by atoms with Crippen molar-refractivity contribution in [3.8, 4) is 0 Å². The fourth-order valence-corrected chi connectivity index (χ4v) is 1.08. The van der Waals surface area contributed by atoms with E-state index in [0.29, 0.717) is 11.3 Å². The van der Waals surface area contributed by atoms with Gasteiger partial charge in [-0.3, -0.25) is 4.90 Å². The number of thiol groups is 1. The number of rotatable bonds is 6. The van der Waals surface area contributed by atoms with E-state index in [2.05, 4.69) is 19.2 Å². The minimum absolute atomic E-state index is 0.00763. The third-order valence-corrected chi connectivity index (χ3v) is 1.94. The number of aliphatic hydroxyl groups excluding tert-OH is 1. The molecule has 0 spiro atoms. The predicted molar refractivity (Wildman–Crippen MR) is 52.6 cm³/mol. The number of hydrogen-bond donors (Lipinski definition) is 2. The number of alkyl halides is 3. The molecule has 0 radical (unpaired) electrons. The van der Waals surface area contributed by atoms with Crippen molar-refractivity contribution in [2.45, 2.75) is 6.18 Å². The lowest BCUT2D eigenvalue weighted by atomic mass is 10.3. The van der Waals surface area contributed by atoms with Crippen LogP contribution in [0.2, 0.25) is 0 Å². The predicted octanol–water partition coefficient (Wildman–Crippen LogP) is 1.33. The maximum Gasteiger partial charge on any atom is 0.401 e. The molecule has 84 valence electrons. The van der Waals surface area contributed by atoms with E-state index in [4.69, 9.17) is 5.11 Å². The first-order chi connectivity index (χ1) is 6.39. The first-order valence-corrected chi connectivity index (χ1v) is 4.69. The minimum Gasteiger partial charge on any atom is -0.395 e. The lowest BCUT2D eigenvalue weighted by Crippen LogP contribution is -2.37. The summed E-state index contributed by atoms with van der Waals surface area (Å²) >= 11 is 3.90. The van der Waals surface area contributed by atoms with Crippen LogP contribution in [0.25, 0.3) is 0 Å². The average Bonchev–Trinajstić information content (AvgIpc) is 2.01. The van der Waals surface area contributed by atoms with Gasteiger partial charge in [0.15, 0.2) is 0 Å². The zero-order chi connectivity index (χ0) is 11.2. The fourth-order valence-electron chi connectivity index (χ4n) is 0.975. The SMILES string of the molecule is C=C(CS)CN(CCO)CC(F)(F)F. The molecular weight excluding hydrogens is 215 g/mol. The van der Waals surface area contributed by atoms with E-state index in [9.17, 15) is 13.2 Å². The molecular formula is C8H14F3NOS. The summed E-state index contributed by atoms with van der Waals surface area (Å²) < 4.78 is 36.0. The third kappa shape index (κ3) is 7.23. The zero-order valence-corrected chi connectivity index (χ0v) is 8.61. The quantitative estimate of drug-likeness (QED) is 0.530. The van der Waals surface area contributed by atoms with Crippen molar-refractivity contribution in [1.82, 2.24) is 4.90 Å². The Morgan fingerprint density at radius 1 is 1.43 bits per heavy atom. The van der Waals surface area contributed by atoms with Gasteiger partial charge in [0.05, 0.1) is 13.2 Å². The highest BCUT2D eigenvalue weighted by atomic mass is 32.1. The van der Waals surface area contributed by atoms with Crippen LogP contribution in [-0.2, 0) is 0 Å². The Labute approximate surface area is 86.8 Å². The number of hydrogen-bond acceptors (Lipinski definition) is 3. The van der Waals surface area contributed by atoms with Gasteiger partial charge in [0, 0.05) is 18.8 Å². The van der Waals surface area contributed by atoms with E-state index in [1.165, 1.54) is 0 Å². The molecule has 14 heavy (non-hydrogen) atoms. The largest absolute Gasteiger partial charge is 0.401 e. The summed E-state index contributed by atoms with van der Waals surface area (Å²) in [6.45, 7) is 2.34. The molecule has 0 amide bonds. The number of nitrogens with zero attached hydrogens (tertiary/aromatic N) is 1. The van der Waals surface area contributed by atoms with Crippen molar-refractivity contribution < 1.29 is 18.3 Å². The Bertz CT molecular complexity index is 184. The molecule has 0 aromatic carbocycles. The summed E-state index contributed by atoms with van der Waals surface area (Å²) in [6.07, 6.45) is -4.24. The molecule has 0 unspecified atom stereocenters. The van der Waals surface area contributed by atoms with Gasteiger partial charge < -0.3 is 5.11 Å². The highest BCUT2D eigenvalue weighted by molar-refractivity contribution is 7.80. The minimum atomic E-state index is -4.24. The van der Waals surface area contributed by atoms with Crippen LogP contribution in [0, 0.1) is 0 Å². The lowest BCUT2D eigenvalue weighted by Gasteiger charge is -2.23. The second-order valence-electron chi connectivity index (χ2n) is 2.96. The summed E-state index contributed by atoms with van der Waals surface area (Å²) in [5, 5.41) is 8.56. The topological polar surface area (TPSA) is 23.5 Å². The molecule has 0 fully saturated rings. The van der Waals surface area contributed by atoms with Crippen LogP contribution in [0.3, 0.4) is 0 Å². The summed E-state index contributed by atoms with van der Waals surface area (Å²) in [5.41, 5.74) is 0.603. The van der Waals surface area contributed by atoms with E-state index < -0.39 is 12.7 Å². The molecule has 1 N–H and O–H groups in total. The van der Waals surface area contributed by atoms with Gasteiger partial charge in [0.2, 0.25) is 0 Å². The number of aliphatic hydroxyl groups is 1. The summed E-state index contributed by atoms with van der Waals surface area (Å²) in [6, 6.07) is 0. The Morgan fingerprint density at radius 3 is 2.36 bits per heavy atom. The Balaban J connectivity index is 4.08. The Kier molecular flexibility index (Phi) is 6.22. The summed E-state index contributed by atoms with van der Waals surface area (Å²) in [7, 11) is 0. The van der Waals surface area contributed by atoms with E-state index in [0.717, 1.165) is 4.90 Å². The van der Waals surface area contributed by atoms with Gasteiger partial charge in [-0.2, -0.15) is 25.8 Å². The van der Waals surface area contributed by atoms with Crippen LogP contribution in [0.4, 0.5) is 13.2 Å². The molecule has 0 aliphatic rings. The molecule has 0 aromatic rings. The summed E-state index contributed by atoms with van der Waals surface area (Å²) in [4.78, 5) is 1.10. The van der Waals surface area contributed by atoms with Gasteiger partial charge >= 0.3 is 6.18 Å². The average molecular weight is 229 g/mol. The maximum atomic E-state index is 12.0. The first kappa shape index (κ1) is 13.8. The van der Waals surface area contributed by atoms with Crippen LogP contribution in [-0.4, -0.2) is 48.2 Å². The second kappa shape index (κ2) is 6.31. The smallest absolute Gasteiger partial charge is 0.395 e. The van der Waals surface area contributed by atoms with Crippen molar-refractivity contribution in [2.75, 3.05) is 32.0 Å².